The highest BCUT2D eigenvalue weighted by atomic mass is 35.5. The molecule has 0 aliphatic carbocycles. The molecule has 3 aromatic rings. The van der Waals surface area contributed by atoms with E-state index in [4.69, 9.17) is 39.5 Å². The molecule has 3 aromatic carbocycles. The molecule has 11 heteroatoms. The van der Waals surface area contributed by atoms with E-state index in [0.717, 1.165) is 17.7 Å². The Morgan fingerprint density at radius 1 is 0.872 bits per heavy atom. The lowest BCUT2D eigenvalue weighted by molar-refractivity contribution is -0.120. The summed E-state index contributed by atoms with van der Waals surface area (Å²) in [5.41, 5.74) is 1.22. The van der Waals surface area contributed by atoms with E-state index in [1.165, 1.54) is 24.3 Å². The lowest BCUT2D eigenvalue weighted by atomic mass is 10.1. The minimum Gasteiger partial charge on any atom is -0.462 e. The van der Waals surface area contributed by atoms with Crippen molar-refractivity contribution < 1.29 is 23.9 Å². The largest absolute Gasteiger partial charge is 0.462 e. The first kappa shape index (κ1) is 28.2. The van der Waals surface area contributed by atoms with Gasteiger partial charge in [-0.1, -0.05) is 66.3 Å². The van der Waals surface area contributed by atoms with Gasteiger partial charge in [0.2, 0.25) is 0 Å². The van der Waals surface area contributed by atoms with Gasteiger partial charge in [0, 0.05) is 16.9 Å². The molecule has 0 fully saturated rings. The number of unbranched alkanes of at least 4 members (excludes halogenated alkanes) is 1. The number of ether oxygens (including phenoxy) is 1. The molecule has 3 amide bonds. The minimum atomic E-state index is -0.768. The van der Waals surface area contributed by atoms with Crippen LogP contribution in [-0.4, -0.2) is 30.3 Å². The number of hydrogen-bond donors (Lipinski definition) is 2. The van der Waals surface area contributed by atoms with Gasteiger partial charge >= 0.3 is 5.97 Å². The first-order chi connectivity index (χ1) is 18.7. The molecule has 0 unspecified atom stereocenters. The monoisotopic (exact) mass is 585 g/mol. The average Bonchev–Trinajstić information content (AvgIpc) is 3.13. The van der Waals surface area contributed by atoms with Crippen LogP contribution in [0, 0.1) is 0 Å². The molecule has 0 radical (unpaired) electrons. The zero-order valence-electron chi connectivity index (χ0n) is 20.6. The summed E-state index contributed by atoms with van der Waals surface area (Å²) in [6, 6.07) is 17.2. The van der Waals surface area contributed by atoms with Crippen molar-refractivity contribution in [2.45, 2.75) is 19.8 Å². The normalized spacial score (nSPS) is 13.1. The van der Waals surface area contributed by atoms with Crippen molar-refractivity contribution >= 4 is 75.6 Å². The molecule has 1 aliphatic heterocycles. The average molecular weight is 587 g/mol. The quantitative estimate of drug-likeness (QED) is 0.165. The van der Waals surface area contributed by atoms with E-state index in [2.05, 4.69) is 10.6 Å². The number of hydrogen-bond acceptors (Lipinski definition) is 6. The predicted molar refractivity (Wildman–Crippen MR) is 151 cm³/mol. The number of nitrogens with one attached hydrogen (secondary N) is 2. The van der Waals surface area contributed by atoms with Crippen LogP contribution >= 0.6 is 34.8 Å². The summed E-state index contributed by atoms with van der Waals surface area (Å²) in [7, 11) is 0. The lowest BCUT2D eigenvalue weighted by Gasteiger charge is -2.17. The summed E-state index contributed by atoms with van der Waals surface area (Å²) in [5, 5.41) is 5.43. The van der Waals surface area contributed by atoms with Gasteiger partial charge in [-0.2, -0.15) is 0 Å². The molecule has 2 N–H and O–H groups in total. The van der Waals surface area contributed by atoms with Gasteiger partial charge in [0.25, 0.3) is 17.7 Å². The van der Waals surface area contributed by atoms with E-state index in [0.29, 0.717) is 23.5 Å². The van der Waals surface area contributed by atoms with Crippen LogP contribution in [0.1, 0.15) is 40.5 Å². The highest BCUT2D eigenvalue weighted by Crippen LogP contribution is 2.37. The van der Waals surface area contributed by atoms with Crippen LogP contribution in [0.15, 0.2) is 77.5 Å². The molecule has 0 atom stereocenters. The van der Waals surface area contributed by atoms with Gasteiger partial charge in [0.05, 0.1) is 27.9 Å². The fourth-order valence-electron chi connectivity index (χ4n) is 3.70. The van der Waals surface area contributed by atoms with Gasteiger partial charge in [-0.25, -0.2) is 9.69 Å². The maximum Gasteiger partial charge on any atom is 0.338 e. The maximum absolute atomic E-state index is 13.1. The van der Waals surface area contributed by atoms with Crippen LogP contribution in [0.2, 0.25) is 10.0 Å². The number of carbonyl (C=O) groups is 4. The summed E-state index contributed by atoms with van der Waals surface area (Å²) in [6.07, 6.45) is 1.67. The fraction of sp³-hybridized carbons (Fsp3) is 0.143. The first-order valence-corrected chi connectivity index (χ1v) is 13.0. The van der Waals surface area contributed by atoms with E-state index in [9.17, 15) is 19.2 Å². The zero-order valence-corrected chi connectivity index (χ0v) is 22.9. The van der Waals surface area contributed by atoms with E-state index >= 15 is 0 Å². The number of nitrogens with zero attached hydrogens (tertiary/aromatic N) is 1. The Labute approximate surface area is 239 Å². The Balaban J connectivity index is 1.48. The van der Waals surface area contributed by atoms with Crippen molar-refractivity contribution in [3.8, 4) is 0 Å². The molecular weight excluding hydrogens is 565 g/mol. The van der Waals surface area contributed by atoms with Gasteiger partial charge < -0.3 is 15.4 Å². The number of halogens is 3. The smallest absolute Gasteiger partial charge is 0.338 e. The molecule has 1 heterocycles. The summed E-state index contributed by atoms with van der Waals surface area (Å²) >= 11 is 18.5. The Kier molecular flexibility index (Phi) is 8.91. The number of esters is 1. The van der Waals surface area contributed by atoms with Crippen molar-refractivity contribution in [2.75, 3.05) is 22.1 Å². The van der Waals surface area contributed by atoms with Crippen LogP contribution in [-0.2, 0) is 14.3 Å². The van der Waals surface area contributed by atoms with E-state index in [-0.39, 0.29) is 32.0 Å². The van der Waals surface area contributed by atoms with E-state index in [1.54, 1.807) is 42.5 Å². The standard InChI is InChI=1S/C28H22Cl3N3O5/c1-2-3-13-39-28(38)17-8-5-10-19(15-17)33-25(35)16-7-4-9-18(14-16)32-24-23(31)26(36)34(27(24)37)21-12-6-11-20(29)22(21)30/h4-12,14-15,32H,2-3,13H2,1H3,(H,33,35). The second kappa shape index (κ2) is 12.3. The minimum absolute atomic E-state index is 0.0311. The number of amides is 3. The Morgan fingerprint density at radius 2 is 1.54 bits per heavy atom. The Morgan fingerprint density at radius 3 is 2.28 bits per heavy atom. The summed E-state index contributed by atoms with van der Waals surface area (Å²) in [5.74, 6) is -2.43. The highest BCUT2D eigenvalue weighted by Gasteiger charge is 2.40. The molecule has 4 rings (SSSR count). The second-order valence-corrected chi connectivity index (χ2v) is 9.60. The lowest BCUT2D eigenvalue weighted by Crippen LogP contribution is -2.32. The molecule has 39 heavy (non-hydrogen) atoms. The van der Waals surface area contributed by atoms with Crippen molar-refractivity contribution in [2.24, 2.45) is 0 Å². The molecule has 0 aromatic heterocycles. The third-order valence-corrected chi connectivity index (χ3v) is 6.84. The summed E-state index contributed by atoms with van der Waals surface area (Å²) in [6.45, 7) is 2.32. The molecule has 0 saturated heterocycles. The van der Waals surface area contributed by atoms with Gasteiger partial charge in [-0.15, -0.1) is 0 Å². The molecule has 0 bridgehead atoms. The summed E-state index contributed by atoms with van der Waals surface area (Å²) in [4.78, 5) is 51.9. The maximum atomic E-state index is 13.1. The third kappa shape index (κ3) is 6.25. The van der Waals surface area contributed by atoms with Crippen LogP contribution < -0.4 is 15.5 Å². The van der Waals surface area contributed by atoms with Crippen molar-refractivity contribution in [1.82, 2.24) is 0 Å². The number of rotatable bonds is 9. The molecule has 0 spiro atoms. The molecule has 200 valence electrons. The molecular formula is C28H22Cl3N3O5. The Hall–Kier alpha value is -3.85. The molecule has 8 nitrogen and oxygen atoms in total. The Bertz CT molecular complexity index is 1510. The van der Waals surface area contributed by atoms with Crippen LogP contribution in [0.4, 0.5) is 17.1 Å². The third-order valence-electron chi connectivity index (χ3n) is 5.68. The fourth-order valence-corrected chi connectivity index (χ4v) is 4.29. The van der Waals surface area contributed by atoms with Gasteiger partial charge in [-0.3, -0.25) is 14.4 Å². The zero-order chi connectivity index (χ0) is 28.1. The van der Waals surface area contributed by atoms with Crippen molar-refractivity contribution in [3.63, 3.8) is 0 Å². The SMILES string of the molecule is CCCCOC(=O)c1cccc(NC(=O)c2cccc(NC3=C(Cl)C(=O)N(c4cccc(Cl)c4Cl)C3=O)c2)c1. The van der Waals surface area contributed by atoms with Gasteiger partial charge in [-0.05, 0) is 55.0 Å². The van der Waals surface area contributed by atoms with Gasteiger partial charge in [0.1, 0.15) is 10.7 Å². The number of anilines is 3. The molecule has 0 saturated carbocycles. The number of benzene rings is 3. The number of imide groups is 1. The predicted octanol–water partition coefficient (Wildman–Crippen LogP) is 6.64. The summed E-state index contributed by atoms with van der Waals surface area (Å²) < 4.78 is 5.22. The second-order valence-electron chi connectivity index (χ2n) is 8.44. The van der Waals surface area contributed by atoms with Crippen LogP contribution in [0.25, 0.3) is 0 Å². The topological polar surface area (TPSA) is 105 Å². The molecule has 1 aliphatic rings. The van der Waals surface area contributed by atoms with Crippen molar-refractivity contribution in [1.29, 1.82) is 0 Å². The van der Waals surface area contributed by atoms with E-state index < -0.39 is 23.7 Å². The van der Waals surface area contributed by atoms with Crippen LogP contribution in [0.5, 0.6) is 0 Å². The van der Waals surface area contributed by atoms with Crippen molar-refractivity contribution in [3.05, 3.63) is 98.6 Å². The number of carbonyl (C=O) groups excluding carboxylic acids is 4. The highest BCUT2D eigenvalue weighted by molar-refractivity contribution is 6.54. The van der Waals surface area contributed by atoms with E-state index in [1.807, 2.05) is 6.92 Å². The van der Waals surface area contributed by atoms with Gasteiger partial charge in [0.15, 0.2) is 0 Å². The van der Waals surface area contributed by atoms with Crippen LogP contribution in [0.3, 0.4) is 0 Å². The first-order valence-electron chi connectivity index (χ1n) is 11.9.